The van der Waals surface area contributed by atoms with Gasteiger partial charge in [-0.15, -0.1) is 0 Å². The van der Waals surface area contributed by atoms with E-state index in [-0.39, 0.29) is 23.6 Å². The first-order chi connectivity index (χ1) is 8.99. The highest BCUT2D eigenvalue weighted by atomic mass is 19.1. The lowest BCUT2D eigenvalue weighted by molar-refractivity contribution is -0.122. The molecule has 3 N–H and O–H groups in total. The number of amides is 2. The maximum absolute atomic E-state index is 13.6. The number of benzene rings is 1. The Labute approximate surface area is 107 Å². The summed E-state index contributed by atoms with van der Waals surface area (Å²) in [6, 6.07) is 2.73. The lowest BCUT2D eigenvalue weighted by atomic mass is 10.1. The monoisotopic (exact) mass is 266 g/mol. The highest BCUT2D eigenvalue weighted by Crippen LogP contribution is 2.21. The van der Waals surface area contributed by atoms with E-state index in [9.17, 15) is 18.8 Å². The second-order valence-corrected chi connectivity index (χ2v) is 4.12. The van der Waals surface area contributed by atoms with Crippen LogP contribution in [-0.4, -0.2) is 28.9 Å². The van der Waals surface area contributed by atoms with Crippen molar-refractivity contribution in [2.24, 2.45) is 0 Å². The number of hydrogen-bond donors (Lipinski definition) is 3. The Balaban J connectivity index is 2.21. The first kappa shape index (κ1) is 13.0. The van der Waals surface area contributed by atoms with Crippen LogP contribution < -0.4 is 10.6 Å². The van der Waals surface area contributed by atoms with Gasteiger partial charge in [0.05, 0.1) is 11.3 Å². The van der Waals surface area contributed by atoms with Crippen LogP contribution in [0.4, 0.5) is 10.1 Å². The molecule has 2 rings (SSSR count). The molecule has 6 nitrogen and oxygen atoms in total. The number of rotatable bonds is 3. The molecule has 0 saturated carbocycles. The maximum Gasteiger partial charge on any atom is 0.337 e. The first-order valence-corrected chi connectivity index (χ1v) is 5.61. The number of para-hydroxylation sites is 1. The van der Waals surface area contributed by atoms with Gasteiger partial charge in [-0.1, -0.05) is 6.07 Å². The normalized spacial score (nSPS) is 17.9. The third kappa shape index (κ3) is 2.70. The quantitative estimate of drug-likeness (QED) is 0.752. The highest BCUT2D eigenvalue weighted by molar-refractivity contribution is 6.04. The van der Waals surface area contributed by atoms with Crippen molar-refractivity contribution < 1.29 is 23.9 Å². The molecule has 2 amide bonds. The Bertz CT molecular complexity index is 559. The van der Waals surface area contributed by atoms with E-state index in [4.69, 9.17) is 5.11 Å². The third-order valence-electron chi connectivity index (χ3n) is 2.80. The van der Waals surface area contributed by atoms with Gasteiger partial charge in [0.15, 0.2) is 0 Å². The lowest BCUT2D eigenvalue weighted by Crippen LogP contribution is -2.37. The van der Waals surface area contributed by atoms with Crippen LogP contribution in [0, 0.1) is 5.82 Å². The maximum atomic E-state index is 13.6. The van der Waals surface area contributed by atoms with E-state index in [2.05, 4.69) is 10.6 Å². The molecule has 1 aromatic carbocycles. The van der Waals surface area contributed by atoms with Crippen LogP contribution >= 0.6 is 0 Å². The average Bonchev–Trinajstić information content (AvgIpc) is 2.78. The van der Waals surface area contributed by atoms with Gasteiger partial charge < -0.3 is 15.7 Å². The molecule has 0 unspecified atom stereocenters. The number of hydrogen-bond acceptors (Lipinski definition) is 3. The predicted molar refractivity (Wildman–Crippen MR) is 63.2 cm³/mol. The summed E-state index contributed by atoms with van der Waals surface area (Å²) in [7, 11) is 0. The van der Waals surface area contributed by atoms with Gasteiger partial charge in [0.25, 0.3) is 0 Å². The Hall–Kier alpha value is -2.44. The van der Waals surface area contributed by atoms with Crippen LogP contribution in [0.1, 0.15) is 23.2 Å². The van der Waals surface area contributed by atoms with Crippen molar-refractivity contribution in [3.8, 4) is 0 Å². The number of aromatic carboxylic acids is 1. The van der Waals surface area contributed by atoms with E-state index in [1.807, 2.05) is 0 Å². The zero-order valence-corrected chi connectivity index (χ0v) is 9.77. The highest BCUT2D eigenvalue weighted by Gasteiger charge is 2.28. The number of carboxylic acids is 1. The predicted octanol–water partition coefficient (Wildman–Crippen LogP) is 0.741. The number of anilines is 1. The van der Waals surface area contributed by atoms with Crippen molar-refractivity contribution in [3.05, 3.63) is 29.6 Å². The molecular weight excluding hydrogens is 255 g/mol. The standard InChI is InChI=1S/C12H11FN2O4/c13-7-3-1-2-6(12(18)19)10(7)15-11(17)8-4-5-9(16)14-8/h1-3,8H,4-5H2,(H,14,16)(H,15,17)(H,18,19)/t8-/m1/s1. The fraction of sp³-hybridized carbons (Fsp3) is 0.250. The van der Waals surface area contributed by atoms with Gasteiger partial charge in [0, 0.05) is 6.42 Å². The molecule has 0 bridgehead atoms. The summed E-state index contributed by atoms with van der Waals surface area (Å²) >= 11 is 0. The van der Waals surface area contributed by atoms with Gasteiger partial charge in [-0.25, -0.2) is 9.18 Å². The van der Waals surface area contributed by atoms with Crippen LogP contribution in [-0.2, 0) is 9.59 Å². The molecule has 1 aliphatic rings. The summed E-state index contributed by atoms with van der Waals surface area (Å²) in [5.74, 6) is -3.06. The van der Waals surface area contributed by atoms with E-state index in [1.54, 1.807) is 0 Å². The third-order valence-corrected chi connectivity index (χ3v) is 2.80. The Morgan fingerprint density at radius 1 is 1.42 bits per heavy atom. The zero-order chi connectivity index (χ0) is 14.0. The molecule has 1 saturated heterocycles. The molecule has 0 radical (unpaired) electrons. The van der Waals surface area contributed by atoms with Crippen LogP contribution in [0.5, 0.6) is 0 Å². The van der Waals surface area contributed by atoms with Crippen molar-refractivity contribution in [3.63, 3.8) is 0 Å². The van der Waals surface area contributed by atoms with Gasteiger partial charge in [0.1, 0.15) is 11.9 Å². The van der Waals surface area contributed by atoms with Gasteiger partial charge in [-0.3, -0.25) is 9.59 Å². The number of carbonyl (C=O) groups is 3. The fourth-order valence-electron chi connectivity index (χ4n) is 1.85. The molecule has 100 valence electrons. The summed E-state index contributed by atoms with van der Waals surface area (Å²) in [5, 5.41) is 13.6. The fourth-order valence-corrected chi connectivity index (χ4v) is 1.85. The van der Waals surface area contributed by atoms with Crippen molar-refractivity contribution >= 4 is 23.5 Å². The number of carboxylic acid groups (broad SMARTS) is 1. The van der Waals surface area contributed by atoms with E-state index in [0.29, 0.717) is 6.42 Å². The summed E-state index contributed by atoms with van der Waals surface area (Å²) in [5.41, 5.74) is -0.723. The molecule has 0 aliphatic carbocycles. The summed E-state index contributed by atoms with van der Waals surface area (Å²) in [6.07, 6.45) is 0.530. The lowest BCUT2D eigenvalue weighted by Gasteiger charge is -2.13. The molecule has 0 aromatic heterocycles. The zero-order valence-electron chi connectivity index (χ0n) is 9.77. The minimum atomic E-state index is -1.34. The molecule has 1 heterocycles. The van der Waals surface area contributed by atoms with Crippen LogP contribution in [0.3, 0.4) is 0 Å². The molecule has 1 aliphatic heterocycles. The Morgan fingerprint density at radius 3 is 2.74 bits per heavy atom. The van der Waals surface area contributed by atoms with Gasteiger partial charge >= 0.3 is 5.97 Å². The number of halogens is 1. The largest absolute Gasteiger partial charge is 0.478 e. The van der Waals surface area contributed by atoms with Gasteiger partial charge in [-0.2, -0.15) is 0 Å². The van der Waals surface area contributed by atoms with Crippen molar-refractivity contribution in [1.82, 2.24) is 5.32 Å². The Kier molecular flexibility index (Phi) is 3.46. The summed E-state index contributed by atoms with van der Waals surface area (Å²) < 4.78 is 13.6. The van der Waals surface area contributed by atoms with Gasteiger partial charge in [-0.05, 0) is 18.6 Å². The number of carbonyl (C=O) groups excluding carboxylic acids is 2. The summed E-state index contributed by atoms with van der Waals surface area (Å²) in [6.45, 7) is 0. The topological polar surface area (TPSA) is 95.5 Å². The Morgan fingerprint density at radius 2 is 2.16 bits per heavy atom. The van der Waals surface area contributed by atoms with Crippen molar-refractivity contribution in [2.75, 3.05) is 5.32 Å². The van der Waals surface area contributed by atoms with E-state index < -0.39 is 23.7 Å². The minimum absolute atomic E-state index is 0.223. The molecular formula is C12H11FN2O4. The van der Waals surface area contributed by atoms with Crippen molar-refractivity contribution in [1.29, 1.82) is 0 Å². The smallest absolute Gasteiger partial charge is 0.337 e. The molecule has 0 spiro atoms. The van der Waals surface area contributed by atoms with Crippen LogP contribution in [0.15, 0.2) is 18.2 Å². The SMILES string of the molecule is O=C1CC[C@H](C(=O)Nc2c(F)cccc2C(=O)O)N1. The second kappa shape index (κ2) is 5.05. The van der Waals surface area contributed by atoms with Crippen molar-refractivity contribution in [2.45, 2.75) is 18.9 Å². The average molecular weight is 266 g/mol. The first-order valence-electron chi connectivity index (χ1n) is 5.61. The number of nitrogens with one attached hydrogen (secondary N) is 2. The van der Waals surface area contributed by atoms with E-state index >= 15 is 0 Å². The molecule has 7 heteroatoms. The molecule has 19 heavy (non-hydrogen) atoms. The molecule has 1 atom stereocenters. The van der Waals surface area contributed by atoms with Crippen LogP contribution in [0.25, 0.3) is 0 Å². The molecule has 1 fully saturated rings. The second-order valence-electron chi connectivity index (χ2n) is 4.12. The van der Waals surface area contributed by atoms with Gasteiger partial charge in [0.2, 0.25) is 11.8 Å². The van der Waals surface area contributed by atoms with E-state index in [0.717, 1.165) is 6.07 Å². The van der Waals surface area contributed by atoms with E-state index in [1.165, 1.54) is 12.1 Å². The van der Waals surface area contributed by atoms with Crippen LogP contribution in [0.2, 0.25) is 0 Å². The molecule has 1 aromatic rings. The minimum Gasteiger partial charge on any atom is -0.478 e. The summed E-state index contributed by atoms with van der Waals surface area (Å²) in [4.78, 5) is 33.7.